The maximum absolute atomic E-state index is 4.10. The van der Waals surface area contributed by atoms with E-state index in [4.69, 9.17) is 0 Å². The second-order valence-electron chi connectivity index (χ2n) is 28.2. The van der Waals surface area contributed by atoms with Gasteiger partial charge in [0.15, 0.2) is 5.82 Å². The fourth-order valence-electron chi connectivity index (χ4n) is 5.75. The first kappa shape index (κ1) is 103. The van der Waals surface area contributed by atoms with Gasteiger partial charge in [-0.25, -0.2) is 24.0 Å². The molecule has 97 heavy (non-hydrogen) atoms. The SMILES string of the molecule is CC.CC.CC.CC.CC.CC.CC.CC(C)(C)n1cccc1.CC(C)(C)n1cccn1.CC(C)(C)n1ccnc1.CC(C)(C)n1ccnn1.CC(C)(C)n1cncn1.CC(C)(C)n1cnnc1.CC(C)(C)n1nccn1.Cc1nnn(C(C)(C)C)n1.Cc1nnnn1C(C)(C)C. The van der Waals surface area contributed by atoms with Crippen LogP contribution in [0, 0.1) is 13.8 Å². The lowest BCUT2D eigenvalue weighted by Gasteiger charge is -2.20. The molecule has 0 aliphatic carbocycles. The van der Waals surface area contributed by atoms with Gasteiger partial charge in [-0.05, 0) is 235 Å². The van der Waals surface area contributed by atoms with Gasteiger partial charge in [0.1, 0.15) is 31.1 Å². The lowest BCUT2D eigenvalue weighted by atomic mass is 10.1. The van der Waals surface area contributed by atoms with Gasteiger partial charge in [-0.2, -0.15) is 30.0 Å². The second kappa shape index (κ2) is 52.5. The summed E-state index contributed by atoms with van der Waals surface area (Å²) in [6.45, 7) is 88.4. The highest BCUT2D eigenvalue weighted by atomic mass is 15.6. The average molecular weight is 1360 g/mol. The summed E-state index contributed by atoms with van der Waals surface area (Å²) < 4.78 is 13.6. The maximum atomic E-state index is 4.10. The van der Waals surface area contributed by atoms with Crippen LogP contribution in [-0.4, -0.2) is 124 Å². The highest BCUT2D eigenvalue weighted by Crippen LogP contribution is 2.16. The summed E-state index contributed by atoms with van der Waals surface area (Å²) >= 11 is 0. The fourth-order valence-corrected chi connectivity index (χ4v) is 5.75. The summed E-state index contributed by atoms with van der Waals surface area (Å²) in [4.78, 5) is 11.1. The van der Waals surface area contributed by atoms with Crippen LogP contribution in [0.3, 0.4) is 0 Å². The Hall–Kier alpha value is -7.60. The smallest absolute Gasteiger partial charge is 0.171 e. The molecule has 0 aromatic carbocycles. The number of hydrogen-bond acceptors (Lipinski definition) is 16. The van der Waals surface area contributed by atoms with E-state index < -0.39 is 0 Å². The normalized spacial score (nSPS) is 10.6. The van der Waals surface area contributed by atoms with Crippen molar-refractivity contribution in [3.8, 4) is 0 Å². The van der Waals surface area contributed by atoms with E-state index in [2.05, 4.69) is 270 Å². The van der Waals surface area contributed by atoms with E-state index in [1.165, 1.54) is 0 Å². The van der Waals surface area contributed by atoms with E-state index in [0.29, 0.717) is 0 Å². The molecule has 0 atom stereocenters. The molecule has 0 saturated heterocycles. The van der Waals surface area contributed by atoms with E-state index in [1.54, 1.807) is 70.6 Å². The minimum atomic E-state index is -0.0543. The molecule has 0 fully saturated rings. The predicted octanol–water partition coefficient (Wildman–Crippen LogP) is 18.3. The van der Waals surface area contributed by atoms with Crippen LogP contribution in [0.15, 0.2) is 112 Å². The summed E-state index contributed by atoms with van der Waals surface area (Å²) in [6.07, 6.45) is 27.2. The third kappa shape index (κ3) is 50.4. The third-order valence-corrected chi connectivity index (χ3v) is 10.7. The lowest BCUT2D eigenvalue weighted by Crippen LogP contribution is -2.24. The maximum Gasteiger partial charge on any atom is 0.171 e. The molecule has 9 aromatic heterocycles. The van der Waals surface area contributed by atoms with Gasteiger partial charge in [0.25, 0.3) is 0 Å². The zero-order valence-electron chi connectivity index (χ0n) is 70.1. The van der Waals surface area contributed by atoms with Crippen molar-refractivity contribution in [2.24, 2.45) is 0 Å². The summed E-state index contributed by atoms with van der Waals surface area (Å²) in [5.74, 6) is 1.57. The summed E-state index contributed by atoms with van der Waals surface area (Å²) in [5.41, 5.74) is 0.748. The van der Waals surface area contributed by atoms with Crippen LogP contribution in [0.4, 0.5) is 0 Å². The molecule has 0 aliphatic heterocycles. The molecule has 9 aromatic rings. The molecule has 25 heteroatoms. The Morgan fingerprint density at radius 1 is 0.289 bits per heavy atom. The molecule has 0 unspecified atom stereocenters. The third-order valence-electron chi connectivity index (χ3n) is 10.7. The van der Waals surface area contributed by atoms with Crippen molar-refractivity contribution in [3.05, 3.63) is 123 Å². The largest absolute Gasteiger partial charge is 0.349 e. The highest BCUT2D eigenvalue weighted by molar-refractivity contribution is 4.95. The van der Waals surface area contributed by atoms with Crippen LogP contribution in [0.25, 0.3) is 0 Å². The fraction of sp³-hybridized carbons (Fsp3) is 0.722. The number of hydrogen-bond donors (Lipinski definition) is 0. The van der Waals surface area contributed by atoms with Crippen molar-refractivity contribution in [1.82, 2.24) is 124 Å². The Labute approximate surface area is 592 Å². The number of tetrazole rings is 2. The topological polar surface area (TPSA) is 251 Å². The number of aryl methyl sites for hydroxylation is 2. The number of imidazole rings is 1. The molecule has 25 nitrogen and oxygen atoms in total. The van der Waals surface area contributed by atoms with Crippen LogP contribution >= 0.6 is 0 Å². The Morgan fingerprint density at radius 2 is 0.732 bits per heavy atom. The summed E-state index contributed by atoms with van der Waals surface area (Å²) in [7, 11) is 0. The van der Waals surface area contributed by atoms with Crippen LogP contribution in [-0.2, 0) is 49.9 Å². The van der Waals surface area contributed by atoms with E-state index >= 15 is 0 Å². The van der Waals surface area contributed by atoms with Gasteiger partial charge in [0, 0.05) is 60.0 Å². The van der Waals surface area contributed by atoms with Gasteiger partial charge >= 0.3 is 0 Å². The van der Waals surface area contributed by atoms with Crippen molar-refractivity contribution in [1.29, 1.82) is 0 Å². The molecule has 9 rings (SSSR count). The lowest BCUT2D eigenvalue weighted by molar-refractivity contribution is 0.305. The van der Waals surface area contributed by atoms with Gasteiger partial charge in [0.2, 0.25) is 0 Å². The zero-order valence-corrected chi connectivity index (χ0v) is 70.1. The average Bonchev–Trinajstić information content (AvgIpc) is 1.74. The first-order valence-electron chi connectivity index (χ1n) is 34.8. The molecule has 560 valence electrons. The van der Waals surface area contributed by atoms with Gasteiger partial charge in [0.05, 0.1) is 58.2 Å². The van der Waals surface area contributed by atoms with Crippen LogP contribution in [0.1, 0.15) is 296 Å². The van der Waals surface area contributed by atoms with Gasteiger partial charge in [-0.3, -0.25) is 4.68 Å². The Bertz CT molecular complexity index is 2500. The molecule has 0 bridgehead atoms. The van der Waals surface area contributed by atoms with Crippen molar-refractivity contribution < 1.29 is 0 Å². The molecule has 0 aliphatic rings. The summed E-state index contributed by atoms with van der Waals surface area (Å²) in [5, 5.41) is 53.9. The predicted molar refractivity (Wildman–Crippen MR) is 408 cm³/mol. The number of rotatable bonds is 0. The molecule has 0 N–H and O–H groups in total. The minimum Gasteiger partial charge on any atom is -0.349 e. The highest BCUT2D eigenvalue weighted by Gasteiger charge is 2.18. The van der Waals surface area contributed by atoms with E-state index in [9.17, 15) is 0 Å². The summed E-state index contributed by atoms with van der Waals surface area (Å²) in [6, 6.07) is 6.03. The standard InChI is InChI=1S/C8H13N.2C7H12N2.2C6H12N4.4C6H11N3.7C2H6/c1-8(2,3)9-6-4-5-7-9;1-7(2,3)9-5-4-8-6-9;1-7(2,3)9-6-4-5-8-9;1-5-7-8-9-10(5)6(2,3)4;1-5-7-9-10(8-5)6(2,3)4;1-6(2,3)9-4-7-8-5-9;1-6(2,3)9-5-7-4-8-9;1-6(2,3)9-5-4-7-8-9;1-6(2,3)9-7-4-5-8-9;7*1-2/h4-7H,1-3H3;2*4-6H,1-3H3;2*1-4H3;4*4-5H,1-3H3;7*1-2H3. The molecule has 0 spiro atoms. The molecular weight excluding hydrogens is 1210 g/mol. The van der Waals surface area contributed by atoms with Crippen molar-refractivity contribution in [2.75, 3.05) is 0 Å². The Morgan fingerprint density at radius 3 is 0.918 bits per heavy atom. The van der Waals surface area contributed by atoms with E-state index in [0.717, 1.165) is 11.6 Å². The minimum absolute atomic E-state index is 0.00637. The monoisotopic (exact) mass is 1360 g/mol. The quantitative estimate of drug-likeness (QED) is 0.137. The van der Waals surface area contributed by atoms with Crippen molar-refractivity contribution in [3.63, 3.8) is 0 Å². The molecule has 9 heterocycles. The van der Waals surface area contributed by atoms with Crippen LogP contribution in [0.2, 0.25) is 0 Å². The van der Waals surface area contributed by atoms with Gasteiger partial charge in [-0.15, -0.1) is 30.6 Å². The number of nitrogens with zero attached hydrogens (tertiary/aromatic N) is 25. The molecule has 0 amide bonds. The number of aromatic nitrogens is 25. The van der Waals surface area contributed by atoms with E-state index in [1.807, 2.05) is 193 Å². The van der Waals surface area contributed by atoms with Gasteiger partial charge in [-0.1, -0.05) is 102 Å². The molecule has 0 saturated carbocycles. The second-order valence-corrected chi connectivity index (χ2v) is 28.2. The molecular formula is C72H147N25. The van der Waals surface area contributed by atoms with Crippen molar-refractivity contribution in [2.45, 2.75) is 348 Å². The van der Waals surface area contributed by atoms with Crippen LogP contribution < -0.4 is 0 Å². The van der Waals surface area contributed by atoms with E-state index in [-0.39, 0.29) is 49.9 Å². The zero-order chi connectivity index (χ0) is 77.9. The first-order valence-corrected chi connectivity index (χ1v) is 34.8. The Kier molecular flexibility index (Phi) is 55.7. The Balaban J connectivity index is -0.000000184. The first-order chi connectivity index (χ1) is 44.8. The molecule has 0 radical (unpaired) electrons. The van der Waals surface area contributed by atoms with Crippen molar-refractivity contribution >= 4 is 0 Å². The van der Waals surface area contributed by atoms with Gasteiger partial charge < -0.3 is 13.7 Å². The van der Waals surface area contributed by atoms with Crippen LogP contribution in [0.5, 0.6) is 0 Å².